The number of likely N-dealkylation sites (N-methyl/N-ethyl adjacent to an activating group) is 2. The predicted molar refractivity (Wildman–Crippen MR) is 232 cm³/mol. The minimum atomic E-state index is -0.187. The van der Waals surface area contributed by atoms with E-state index in [0.717, 1.165) is 33.6 Å². The van der Waals surface area contributed by atoms with Crippen molar-refractivity contribution >= 4 is 35.0 Å². The van der Waals surface area contributed by atoms with E-state index in [1.54, 1.807) is 33.7 Å². The highest BCUT2D eigenvalue weighted by atomic mass is 16.5. The quantitative estimate of drug-likeness (QED) is 0.339. The average Bonchev–Trinajstić information content (AvgIpc) is 3.15. The molecule has 14 nitrogen and oxygen atoms in total. The van der Waals surface area contributed by atoms with Crippen molar-refractivity contribution in [3.8, 4) is 0 Å². The second-order valence-electron chi connectivity index (χ2n) is 14.6. The number of benzene rings is 2. The van der Waals surface area contributed by atoms with Crippen LogP contribution in [-0.4, -0.2) is 163 Å². The molecule has 1 aliphatic rings. The Labute approximate surface area is 348 Å². The molecule has 1 heterocycles. The highest BCUT2D eigenvalue weighted by Gasteiger charge is 2.20. The summed E-state index contributed by atoms with van der Waals surface area (Å²) in [6.45, 7) is 20.5. The van der Waals surface area contributed by atoms with Gasteiger partial charge in [-0.2, -0.15) is 0 Å². The zero-order chi connectivity index (χ0) is 43.3. The van der Waals surface area contributed by atoms with E-state index in [1.165, 1.54) is 12.8 Å². The van der Waals surface area contributed by atoms with Gasteiger partial charge in [0.1, 0.15) is 0 Å². The summed E-state index contributed by atoms with van der Waals surface area (Å²) in [7, 11) is 3.48. The Morgan fingerprint density at radius 1 is 0.500 bits per heavy atom. The monoisotopic (exact) mass is 815 g/mol. The third kappa shape index (κ3) is 22.3. The standard InChI is InChI=1S/C38H58N6O8.2C3H8/c1-29-9-7-10-30(2)37(29)39-33(45)25-41(5)27-35(47)43-13-17-49-21-23-51-19-15-44(16-20-52-24-22-50-18-14-43)36(48)28-42(6)26-34(46)40-38-31(3)11-8-12-32(38)4;2*1-3-2/h7-12H,13-28H2,1-6H3,(H,39,45)(H,40,46);2*3H2,1-2H3. The predicted octanol–water partition coefficient (Wildman–Crippen LogP) is 4.93. The minimum Gasteiger partial charge on any atom is -0.377 e. The van der Waals surface area contributed by atoms with Crippen molar-refractivity contribution in [1.29, 1.82) is 0 Å². The third-order valence-electron chi connectivity index (χ3n) is 8.60. The molecule has 0 spiro atoms. The number of nitrogens with one attached hydrogen (secondary N) is 2. The molecule has 1 aliphatic heterocycles. The molecule has 58 heavy (non-hydrogen) atoms. The number of para-hydroxylation sites is 2. The maximum atomic E-state index is 13.2. The third-order valence-corrected chi connectivity index (χ3v) is 8.60. The molecule has 0 radical (unpaired) electrons. The van der Waals surface area contributed by atoms with Crippen LogP contribution < -0.4 is 10.6 Å². The van der Waals surface area contributed by atoms with Crippen molar-refractivity contribution in [1.82, 2.24) is 19.6 Å². The Hall–Kier alpha value is -3.92. The number of aryl methyl sites for hydroxylation is 4. The lowest BCUT2D eigenvalue weighted by atomic mass is 10.1. The zero-order valence-electron chi connectivity index (χ0n) is 37.2. The molecular weight excluding hydrogens is 741 g/mol. The number of nitrogens with zero attached hydrogens (tertiary/aromatic N) is 4. The summed E-state index contributed by atoms with van der Waals surface area (Å²) in [4.78, 5) is 58.6. The van der Waals surface area contributed by atoms with Gasteiger partial charge in [0.2, 0.25) is 23.6 Å². The topological polar surface area (TPSA) is 142 Å². The highest BCUT2D eigenvalue weighted by molar-refractivity contribution is 5.94. The van der Waals surface area contributed by atoms with Crippen molar-refractivity contribution < 1.29 is 38.1 Å². The number of ether oxygens (including phenoxy) is 4. The van der Waals surface area contributed by atoms with Gasteiger partial charge in [-0.25, -0.2) is 0 Å². The van der Waals surface area contributed by atoms with Crippen molar-refractivity contribution in [2.75, 3.05) is 130 Å². The number of carbonyl (C=O) groups excluding carboxylic acids is 4. The Morgan fingerprint density at radius 3 is 1.02 bits per heavy atom. The van der Waals surface area contributed by atoms with Gasteiger partial charge in [0.15, 0.2) is 0 Å². The molecule has 0 atom stereocenters. The van der Waals surface area contributed by atoms with E-state index in [-0.39, 0.29) is 49.8 Å². The Morgan fingerprint density at radius 2 is 0.759 bits per heavy atom. The molecule has 0 unspecified atom stereocenters. The zero-order valence-corrected chi connectivity index (χ0v) is 37.2. The van der Waals surface area contributed by atoms with Gasteiger partial charge in [-0.1, -0.05) is 76.9 Å². The SMILES string of the molecule is CCC.CCC.Cc1cccc(C)c1NC(=O)CN(C)CC(=O)N1CCOCCOCCN(C(=O)CN(C)CC(=O)Nc2c(C)cccc2C)CCOCCOCC1. The normalized spacial score (nSPS) is 14.9. The fraction of sp³-hybridized carbons (Fsp3) is 0.636. The first kappa shape index (κ1) is 52.1. The molecule has 0 bridgehead atoms. The van der Waals surface area contributed by atoms with Crippen LogP contribution in [0.5, 0.6) is 0 Å². The highest BCUT2D eigenvalue weighted by Crippen LogP contribution is 2.20. The molecule has 328 valence electrons. The second-order valence-corrected chi connectivity index (χ2v) is 14.6. The van der Waals surface area contributed by atoms with Crippen LogP contribution in [0.2, 0.25) is 0 Å². The van der Waals surface area contributed by atoms with Crippen molar-refractivity contribution in [3.05, 3.63) is 58.7 Å². The molecular formula is C44H74N6O8. The molecule has 0 aromatic heterocycles. The molecule has 4 amide bonds. The summed E-state index contributed by atoms with van der Waals surface area (Å²) < 4.78 is 23.0. The van der Waals surface area contributed by atoms with Crippen LogP contribution in [0.1, 0.15) is 62.8 Å². The van der Waals surface area contributed by atoms with E-state index in [4.69, 9.17) is 18.9 Å². The van der Waals surface area contributed by atoms with Gasteiger partial charge >= 0.3 is 0 Å². The van der Waals surface area contributed by atoms with E-state index in [0.29, 0.717) is 79.0 Å². The van der Waals surface area contributed by atoms with Crippen molar-refractivity contribution in [2.24, 2.45) is 0 Å². The summed E-state index contributed by atoms with van der Waals surface area (Å²) >= 11 is 0. The maximum Gasteiger partial charge on any atom is 0.238 e. The summed E-state index contributed by atoms with van der Waals surface area (Å²) in [5, 5.41) is 5.93. The molecule has 2 aromatic rings. The number of hydrogen-bond acceptors (Lipinski definition) is 10. The van der Waals surface area contributed by atoms with Gasteiger partial charge < -0.3 is 39.4 Å². The molecule has 1 fully saturated rings. The first-order valence-corrected chi connectivity index (χ1v) is 20.7. The van der Waals surface area contributed by atoms with E-state index in [1.807, 2.05) is 64.1 Å². The molecule has 0 saturated carbocycles. The Bertz CT molecular complexity index is 1320. The summed E-state index contributed by atoms with van der Waals surface area (Å²) in [6, 6.07) is 11.7. The molecule has 2 aromatic carbocycles. The van der Waals surface area contributed by atoms with Crippen LogP contribution in [-0.2, 0) is 38.1 Å². The summed E-state index contributed by atoms with van der Waals surface area (Å²) in [6.07, 6.45) is 2.50. The van der Waals surface area contributed by atoms with Crippen LogP contribution in [0.25, 0.3) is 0 Å². The van der Waals surface area contributed by atoms with Crippen LogP contribution in [0.15, 0.2) is 36.4 Å². The Balaban J connectivity index is 0.00000263. The Kier molecular flexibility index (Phi) is 27.9. The van der Waals surface area contributed by atoms with Crippen LogP contribution in [0.4, 0.5) is 11.4 Å². The number of rotatable bonds is 10. The lowest BCUT2D eigenvalue weighted by Gasteiger charge is -2.26. The van der Waals surface area contributed by atoms with Crippen LogP contribution >= 0.6 is 0 Å². The molecule has 2 N–H and O–H groups in total. The molecule has 0 aliphatic carbocycles. The van der Waals surface area contributed by atoms with Crippen LogP contribution in [0, 0.1) is 27.7 Å². The lowest BCUT2D eigenvalue weighted by Crippen LogP contribution is -2.44. The van der Waals surface area contributed by atoms with E-state index < -0.39 is 0 Å². The number of anilines is 2. The summed E-state index contributed by atoms with van der Waals surface area (Å²) in [5.74, 6) is -0.636. The average molecular weight is 815 g/mol. The van der Waals surface area contributed by atoms with E-state index in [2.05, 4.69) is 38.3 Å². The van der Waals surface area contributed by atoms with Gasteiger partial charge in [-0.15, -0.1) is 0 Å². The maximum absolute atomic E-state index is 13.2. The van der Waals surface area contributed by atoms with Gasteiger partial charge in [-0.05, 0) is 64.0 Å². The smallest absolute Gasteiger partial charge is 0.238 e. The van der Waals surface area contributed by atoms with Crippen molar-refractivity contribution in [3.63, 3.8) is 0 Å². The largest absolute Gasteiger partial charge is 0.377 e. The summed E-state index contributed by atoms with van der Waals surface area (Å²) in [5.41, 5.74) is 5.52. The second kappa shape index (κ2) is 31.1. The number of hydrogen-bond donors (Lipinski definition) is 2. The molecule has 3 rings (SSSR count). The first-order valence-electron chi connectivity index (χ1n) is 20.7. The number of amides is 4. The van der Waals surface area contributed by atoms with E-state index >= 15 is 0 Å². The molecule has 1 saturated heterocycles. The van der Waals surface area contributed by atoms with Crippen LogP contribution in [0.3, 0.4) is 0 Å². The van der Waals surface area contributed by atoms with Gasteiger partial charge in [-0.3, -0.25) is 29.0 Å². The lowest BCUT2D eigenvalue weighted by molar-refractivity contribution is -0.136. The van der Waals surface area contributed by atoms with E-state index in [9.17, 15) is 19.2 Å². The van der Waals surface area contributed by atoms with Gasteiger partial charge in [0.25, 0.3) is 0 Å². The number of carbonyl (C=O) groups is 4. The molecule has 14 heteroatoms. The first-order chi connectivity index (χ1) is 27.8. The van der Waals surface area contributed by atoms with Gasteiger partial charge in [0, 0.05) is 37.6 Å². The van der Waals surface area contributed by atoms with Gasteiger partial charge in [0.05, 0.1) is 79.0 Å². The fourth-order valence-electron chi connectivity index (χ4n) is 5.71. The fourth-order valence-corrected chi connectivity index (χ4v) is 5.71. The van der Waals surface area contributed by atoms with Crippen molar-refractivity contribution in [2.45, 2.75) is 68.2 Å². The minimum absolute atomic E-state index is 0.0671.